The highest BCUT2D eigenvalue weighted by Gasteiger charge is 2.21. The van der Waals surface area contributed by atoms with Crippen LogP contribution < -0.4 is 4.90 Å². The molecule has 0 aromatic heterocycles. The highest BCUT2D eigenvalue weighted by molar-refractivity contribution is 5.89. The summed E-state index contributed by atoms with van der Waals surface area (Å²) >= 11 is 0. The normalized spacial score (nSPS) is 10.2. The SMILES string of the molecule is O=C(O)c1ccc(N(CCO)CCO)c([N+](=O)[O-])c1. The Hall–Kier alpha value is -2.19. The summed E-state index contributed by atoms with van der Waals surface area (Å²) < 4.78 is 0. The summed E-state index contributed by atoms with van der Waals surface area (Å²) in [7, 11) is 0. The third-order valence-electron chi connectivity index (χ3n) is 2.50. The second kappa shape index (κ2) is 6.66. The molecule has 0 radical (unpaired) electrons. The maximum atomic E-state index is 11.0. The topological polar surface area (TPSA) is 124 Å². The molecule has 3 N–H and O–H groups in total. The number of aromatic carboxylic acids is 1. The van der Waals surface area contributed by atoms with Crippen LogP contribution in [0.15, 0.2) is 18.2 Å². The third-order valence-corrected chi connectivity index (χ3v) is 2.50. The number of carboxylic acids is 1. The molecule has 1 rings (SSSR count). The zero-order valence-electron chi connectivity index (χ0n) is 10.0. The fraction of sp³-hybridized carbons (Fsp3) is 0.364. The Labute approximate surface area is 108 Å². The van der Waals surface area contributed by atoms with Gasteiger partial charge in [-0.05, 0) is 12.1 Å². The molecule has 0 spiro atoms. The molecule has 0 amide bonds. The lowest BCUT2D eigenvalue weighted by atomic mass is 10.1. The van der Waals surface area contributed by atoms with Gasteiger partial charge in [0, 0.05) is 19.2 Å². The minimum Gasteiger partial charge on any atom is -0.478 e. The van der Waals surface area contributed by atoms with E-state index in [9.17, 15) is 14.9 Å². The number of benzene rings is 1. The molecule has 0 aliphatic carbocycles. The quantitative estimate of drug-likeness (QED) is 0.473. The van der Waals surface area contributed by atoms with Gasteiger partial charge in [-0.15, -0.1) is 0 Å². The number of aliphatic hydroxyl groups excluding tert-OH is 2. The van der Waals surface area contributed by atoms with Crippen molar-refractivity contribution in [1.82, 2.24) is 0 Å². The van der Waals surface area contributed by atoms with Crippen molar-refractivity contribution in [1.29, 1.82) is 0 Å². The van der Waals surface area contributed by atoms with Gasteiger partial charge < -0.3 is 20.2 Å². The van der Waals surface area contributed by atoms with Crippen molar-refractivity contribution in [3.63, 3.8) is 0 Å². The molecule has 0 aliphatic heterocycles. The van der Waals surface area contributed by atoms with Crippen LogP contribution in [0.1, 0.15) is 10.4 Å². The zero-order chi connectivity index (χ0) is 14.4. The fourth-order valence-electron chi connectivity index (χ4n) is 1.66. The van der Waals surface area contributed by atoms with E-state index < -0.39 is 10.9 Å². The van der Waals surface area contributed by atoms with Crippen LogP contribution in [0, 0.1) is 10.1 Å². The number of nitro benzene ring substituents is 1. The van der Waals surface area contributed by atoms with E-state index in [1.54, 1.807) is 0 Å². The molecule has 1 aromatic carbocycles. The second-order valence-corrected chi connectivity index (χ2v) is 3.70. The van der Waals surface area contributed by atoms with Crippen LogP contribution in [0.3, 0.4) is 0 Å². The summed E-state index contributed by atoms with van der Waals surface area (Å²) in [6, 6.07) is 3.50. The Morgan fingerprint density at radius 1 is 1.26 bits per heavy atom. The van der Waals surface area contributed by atoms with Crippen LogP contribution in [0.25, 0.3) is 0 Å². The number of aliphatic hydroxyl groups is 2. The first-order chi connectivity index (χ1) is 9.01. The molecule has 104 valence electrons. The summed E-state index contributed by atoms with van der Waals surface area (Å²) in [6.45, 7) is -0.267. The summed E-state index contributed by atoms with van der Waals surface area (Å²) in [4.78, 5) is 22.5. The Bertz CT molecular complexity index is 470. The predicted molar refractivity (Wildman–Crippen MR) is 66.4 cm³/mol. The molecular formula is C11H14N2O6. The number of nitro groups is 1. The summed E-state index contributed by atoms with van der Waals surface area (Å²) in [6.07, 6.45) is 0. The van der Waals surface area contributed by atoms with E-state index in [0.717, 1.165) is 6.07 Å². The minimum absolute atomic E-state index is 0.105. The van der Waals surface area contributed by atoms with Crippen LogP contribution in [-0.4, -0.2) is 52.5 Å². The van der Waals surface area contributed by atoms with E-state index in [2.05, 4.69) is 0 Å². The smallest absolute Gasteiger partial charge is 0.335 e. The average Bonchev–Trinajstić information content (AvgIpc) is 2.37. The minimum atomic E-state index is -1.26. The molecular weight excluding hydrogens is 256 g/mol. The van der Waals surface area contributed by atoms with Gasteiger partial charge in [0.2, 0.25) is 0 Å². The van der Waals surface area contributed by atoms with Gasteiger partial charge in [-0.25, -0.2) is 4.79 Å². The number of carbonyl (C=O) groups is 1. The van der Waals surface area contributed by atoms with Crippen LogP contribution in [-0.2, 0) is 0 Å². The number of nitrogens with zero attached hydrogens (tertiary/aromatic N) is 2. The molecule has 0 saturated heterocycles. The van der Waals surface area contributed by atoms with E-state index in [-0.39, 0.29) is 43.2 Å². The van der Waals surface area contributed by atoms with Crippen LogP contribution in [0.4, 0.5) is 11.4 Å². The van der Waals surface area contributed by atoms with Gasteiger partial charge in [0.15, 0.2) is 0 Å². The van der Waals surface area contributed by atoms with Crippen LogP contribution >= 0.6 is 0 Å². The fourth-order valence-corrected chi connectivity index (χ4v) is 1.66. The standard InChI is InChI=1S/C11H14N2O6/c14-5-3-12(4-6-15)9-2-1-8(11(16)17)7-10(9)13(18)19/h1-2,7,14-15H,3-6H2,(H,16,17). The summed E-state index contributed by atoms with van der Waals surface area (Å²) in [5.41, 5.74) is -0.400. The maximum Gasteiger partial charge on any atom is 0.335 e. The molecule has 0 atom stereocenters. The van der Waals surface area contributed by atoms with Gasteiger partial charge >= 0.3 is 5.97 Å². The Balaban J connectivity index is 3.24. The van der Waals surface area contributed by atoms with Gasteiger partial charge in [-0.3, -0.25) is 10.1 Å². The number of rotatable bonds is 7. The summed E-state index contributed by atoms with van der Waals surface area (Å²) in [5, 5.41) is 37.6. The van der Waals surface area contributed by atoms with Crippen molar-refractivity contribution in [2.45, 2.75) is 0 Å². The third kappa shape index (κ3) is 3.63. The van der Waals surface area contributed by atoms with E-state index in [4.69, 9.17) is 15.3 Å². The van der Waals surface area contributed by atoms with Crippen molar-refractivity contribution in [3.8, 4) is 0 Å². The zero-order valence-corrected chi connectivity index (χ0v) is 10.0. The number of hydrogen-bond donors (Lipinski definition) is 3. The number of carboxylic acid groups (broad SMARTS) is 1. The first kappa shape index (κ1) is 14.9. The molecule has 1 aromatic rings. The van der Waals surface area contributed by atoms with Crippen molar-refractivity contribution in [2.24, 2.45) is 0 Å². The highest BCUT2D eigenvalue weighted by atomic mass is 16.6. The summed E-state index contributed by atoms with van der Waals surface area (Å²) in [5.74, 6) is -1.26. The first-order valence-corrected chi connectivity index (χ1v) is 5.49. The van der Waals surface area contributed by atoms with E-state index >= 15 is 0 Å². The molecule has 19 heavy (non-hydrogen) atoms. The lowest BCUT2D eigenvalue weighted by molar-refractivity contribution is -0.384. The first-order valence-electron chi connectivity index (χ1n) is 5.49. The maximum absolute atomic E-state index is 11.0. The van der Waals surface area contributed by atoms with Gasteiger partial charge in [-0.1, -0.05) is 0 Å². The lowest BCUT2D eigenvalue weighted by Crippen LogP contribution is -2.30. The van der Waals surface area contributed by atoms with E-state index in [0.29, 0.717) is 0 Å². The molecule has 8 nitrogen and oxygen atoms in total. The second-order valence-electron chi connectivity index (χ2n) is 3.70. The molecule has 0 unspecified atom stereocenters. The van der Waals surface area contributed by atoms with Crippen LogP contribution in [0.5, 0.6) is 0 Å². The van der Waals surface area contributed by atoms with Crippen LogP contribution in [0.2, 0.25) is 0 Å². The highest BCUT2D eigenvalue weighted by Crippen LogP contribution is 2.29. The monoisotopic (exact) mass is 270 g/mol. The molecule has 0 saturated carbocycles. The van der Waals surface area contributed by atoms with E-state index in [1.807, 2.05) is 0 Å². The van der Waals surface area contributed by atoms with Crippen molar-refractivity contribution >= 4 is 17.3 Å². The van der Waals surface area contributed by atoms with Crippen molar-refractivity contribution < 1.29 is 25.0 Å². The predicted octanol–water partition coefficient (Wildman–Crippen LogP) is 0.0840. The Kier molecular flexibility index (Phi) is 5.22. The van der Waals surface area contributed by atoms with Gasteiger partial charge in [-0.2, -0.15) is 0 Å². The lowest BCUT2D eigenvalue weighted by Gasteiger charge is -2.22. The van der Waals surface area contributed by atoms with Crippen molar-refractivity contribution in [2.75, 3.05) is 31.2 Å². The van der Waals surface area contributed by atoms with Gasteiger partial charge in [0.05, 0.1) is 23.7 Å². The molecule has 0 aliphatic rings. The van der Waals surface area contributed by atoms with Gasteiger partial charge in [0.1, 0.15) is 5.69 Å². The van der Waals surface area contributed by atoms with Gasteiger partial charge in [0.25, 0.3) is 5.69 Å². The molecule has 0 bridgehead atoms. The molecule has 0 fully saturated rings. The van der Waals surface area contributed by atoms with Crippen molar-refractivity contribution in [3.05, 3.63) is 33.9 Å². The number of anilines is 1. The average molecular weight is 270 g/mol. The van der Waals surface area contributed by atoms with E-state index in [1.165, 1.54) is 17.0 Å². The molecule has 0 heterocycles. The molecule has 8 heteroatoms. The Morgan fingerprint density at radius 2 is 1.84 bits per heavy atom. The number of hydrogen-bond acceptors (Lipinski definition) is 6. The Morgan fingerprint density at radius 3 is 2.26 bits per heavy atom. The largest absolute Gasteiger partial charge is 0.478 e.